The summed E-state index contributed by atoms with van der Waals surface area (Å²) in [4.78, 5) is 13.8. The summed E-state index contributed by atoms with van der Waals surface area (Å²) in [6.07, 6.45) is -0.502. The Bertz CT molecular complexity index is 669. The molecule has 0 saturated carbocycles. The standard InChI is InChI=1S/C16H24N2O5S/c1-16(2,3)23-15(20)17-9-10-18(13(11-17)12-19)24(21,22)14-7-5-4-6-8-14/h4-8,13,19H,9-12H2,1-3H3. The van der Waals surface area contributed by atoms with Crippen LogP contribution in [-0.4, -0.2) is 66.7 Å². The average molecular weight is 356 g/mol. The lowest BCUT2D eigenvalue weighted by molar-refractivity contribution is 0.00883. The zero-order valence-corrected chi connectivity index (χ0v) is 15.0. The van der Waals surface area contributed by atoms with Crippen LogP contribution in [0.1, 0.15) is 20.8 Å². The molecule has 1 fully saturated rings. The second-order valence-electron chi connectivity index (χ2n) is 6.69. The summed E-state index contributed by atoms with van der Waals surface area (Å²) in [5, 5.41) is 9.62. The van der Waals surface area contributed by atoms with Crippen LogP contribution in [0.5, 0.6) is 0 Å². The van der Waals surface area contributed by atoms with Crippen molar-refractivity contribution < 1.29 is 23.1 Å². The minimum absolute atomic E-state index is 0.0947. The Morgan fingerprint density at radius 2 is 1.88 bits per heavy atom. The number of carbonyl (C=O) groups is 1. The van der Waals surface area contributed by atoms with Gasteiger partial charge in [-0.15, -0.1) is 0 Å². The van der Waals surface area contributed by atoms with E-state index < -0.39 is 27.8 Å². The van der Waals surface area contributed by atoms with E-state index in [9.17, 15) is 18.3 Å². The van der Waals surface area contributed by atoms with Crippen molar-refractivity contribution in [3.8, 4) is 0 Å². The SMILES string of the molecule is CC(C)(C)OC(=O)N1CCN(S(=O)(=O)c2ccccc2)C(CO)C1. The van der Waals surface area contributed by atoms with Gasteiger partial charge in [-0.2, -0.15) is 4.31 Å². The van der Waals surface area contributed by atoms with Crippen LogP contribution < -0.4 is 0 Å². The van der Waals surface area contributed by atoms with E-state index in [2.05, 4.69) is 0 Å². The second kappa shape index (κ2) is 7.08. The molecule has 1 unspecified atom stereocenters. The number of amides is 1. The van der Waals surface area contributed by atoms with Crippen LogP contribution in [0.25, 0.3) is 0 Å². The molecule has 1 aliphatic heterocycles. The van der Waals surface area contributed by atoms with E-state index in [0.29, 0.717) is 0 Å². The van der Waals surface area contributed by atoms with Gasteiger partial charge < -0.3 is 14.7 Å². The monoisotopic (exact) mass is 356 g/mol. The topological polar surface area (TPSA) is 87.2 Å². The summed E-state index contributed by atoms with van der Waals surface area (Å²) < 4.78 is 32.1. The van der Waals surface area contributed by atoms with Crippen molar-refractivity contribution in [1.29, 1.82) is 0 Å². The predicted molar refractivity (Wildman–Crippen MR) is 89.0 cm³/mol. The molecule has 7 nitrogen and oxygen atoms in total. The molecule has 0 aromatic heterocycles. The summed E-state index contributed by atoms with van der Waals surface area (Å²) in [5.41, 5.74) is -0.626. The van der Waals surface area contributed by atoms with E-state index >= 15 is 0 Å². The number of aliphatic hydroxyl groups is 1. The van der Waals surface area contributed by atoms with Crippen LogP contribution in [0.3, 0.4) is 0 Å². The summed E-state index contributed by atoms with van der Waals surface area (Å²) >= 11 is 0. The fraction of sp³-hybridized carbons (Fsp3) is 0.562. The quantitative estimate of drug-likeness (QED) is 0.882. The minimum Gasteiger partial charge on any atom is -0.444 e. The van der Waals surface area contributed by atoms with Gasteiger partial charge >= 0.3 is 6.09 Å². The zero-order valence-electron chi connectivity index (χ0n) is 14.2. The molecule has 1 amide bonds. The minimum atomic E-state index is -3.71. The van der Waals surface area contributed by atoms with Gasteiger partial charge in [0.25, 0.3) is 0 Å². The third-order valence-corrected chi connectivity index (χ3v) is 5.61. The molecule has 24 heavy (non-hydrogen) atoms. The molecular formula is C16H24N2O5S. The van der Waals surface area contributed by atoms with Crippen molar-refractivity contribution in [3.63, 3.8) is 0 Å². The van der Waals surface area contributed by atoms with Gasteiger partial charge in [0.15, 0.2) is 0 Å². The Morgan fingerprint density at radius 1 is 1.25 bits per heavy atom. The average Bonchev–Trinajstić information content (AvgIpc) is 2.53. The first-order valence-electron chi connectivity index (χ1n) is 7.81. The van der Waals surface area contributed by atoms with E-state index in [1.54, 1.807) is 39.0 Å². The number of rotatable bonds is 3. The van der Waals surface area contributed by atoms with Crippen molar-refractivity contribution in [3.05, 3.63) is 30.3 Å². The number of aliphatic hydroxyl groups excluding tert-OH is 1. The highest BCUT2D eigenvalue weighted by Crippen LogP contribution is 2.22. The number of hydrogen-bond donors (Lipinski definition) is 1. The maximum absolute atomic E-state index is 12.7. The fourth-order valence-electron chi connectivity index (χ4n) is 2.52. The van der Waals surface area contributed by atoms with E-state index in [4.69, 9.17) is 4.74 Å². The number of piperazine rings is 1. The molecule has 1 aromatic carbocycles. The maximum atomic E-state index is 12.7. The number of carbonyl (C=O) groups excluding carboxylic acids is 1. The van der Waals surface area contributed by atoms with Gasteiger partial charge in [0.1, 0.15) is 5.60 Å². The van der Waals surface area contributed by atoms with Crippen LogP contribution in [0.2, 0.25) is 0 Å². The van der Waals surface area contributed by atoms with Crippen LogP contribution in [0.15, 0.2) is 35.2 Å². The molecule has 1 saturated heterocycles. The largest absolute Gasteiger partial charge is 0.444 e. The highest BCUT2D eigenvalue weighted by Gasteiger charge is 2.38. The molecule has 0 aliphatic carbocycles. The van der Waals surface area contributed by atoms with Crippen molar-refractivity contribution in [2.45, 2.75) is 37.3 Å². The molecular weight excluding hydrogens is 332 g/mol. The lowest BCUT2D eigenvalue weighted by atomic mass is 10.2. The molecule has 0 spiro atoms. The van der Waals surface area contributed by atoms with Crippen molar-refractivity contribution in [2.24, 2.45) is 0 Å². The Balaban J connectivity index is 2.15. The molecule has 0 bridgehead atoms. The van der Waals surface area contributed by atoms with E-state index in [0.717, 1.165) is 0 Å². The molecule has 2 rings (SSSR count). The molecule has 8 heteroatoms. The van der Waals surface area contributed by atoms with E-state index in [-0.39, 0.29) is 31.1 Å². The Morgan fingerprint density at radius 3 is 2.42 bits per heavy atom. The third-order valence-electron chi connectivity index (χ3n) is 3.64. The molecule has 1 N–H and O–H groups in total. The van der Waals surface area contributed by atoms with E-state index in [1.807, 2.05) is 0 Å². The zero-order chi connectivity index (χ0) is 18.0. The van der Waals surface area contributed by atoms with Crippen molar-refractivity contribution in [2.75, 3.05) is 26.2 Å². The molecule has 134 valence electrons. The first-order chi connectivity index (χ1) is 11.1. The van der Waals surface area contributed by atoms with Crippen LogP contribution in [0, 0.1) is 0 Å². The molecule has 1 heterocycles. The smallest absolute Gasteiger partial charge is 0.410 e. The lowest BCUT2D eigenvalue weighted by Crippen LogP contribution is -2.58. The Hall–Kier alpha value is -1.64. The lowest BCUT2D eigenvalue weighted by Gasteiger charge is -2.40. The highest BCUT2D eigenvalue weighted by atomic mass is 32.2. The highest BCUT2D eigenvalue weighted by molar-refractivity contribution is 7.89. The normalized spacial score (nSPS) is 20.0. The maximum Gasteiger partial charge on any atom is 0.410 e. The van der Waals surface area contributed by atoms with Crippen molar-refractivity contribution >= 4 is 16.1 Å². The van der Waals surface area contributed by atoms with Crippen LogP contribution in [-0.2, 0) is 14.8 Å². The number of ether oxygens (including phenoxy) is 1. The van der Waals surface area contributed by atoms with Gasteiger partial charge in [-0.05, 0) is 32.9 Å². The fourth-order valence-corrected chi connectivity index (χ4v) is 4.14. The summed E-state index contributed by atoms with van der Waals surface area (Å²) in [6, 6.07) is 7.38. The van der Waals surface area contributed by atoms with Gasteiger partial charge in [0, 0.05) is 19.6 Å². The molecule has 1 aliphatic rings. The van der Waals surface area contributed by atoms with Crippen LogP contribution in [0.4, 0.5) is 4.79 Å². The number of nitrogens with zero attached hydrogens (tertiary/aromatic N) is 2. The van der Waals surface area contributed by atoms with Gasteiger partial charge in [0.2, 0.25) is 10.0 Å². The van der Waals surface area contributed by atoms with Crippen LogP contribution >= 0.6 is 0 Å². The Kier molecular flexibility index (Phi) is 5.52. The van der Waals surface area contributed by atoms with Gasteiger partial charge in [-0.1, -0.05) is 18.2 Å². The first kappa shape index (κ1) is 18.7. The van der Waals surface area contributed by atoms with Gasteiger partial charge in [0.05, 0.1) is 17.5 Å². The summed E-state index contributed by atoms with van der Waals surface area (Å²) in [5.74, 6) is 0. The summed E-state index contributed by atoms with van der Waals surface area (Å²) in [7, 11) is -3.71. The first-order valence-corrected chi connectivity index (χ1v) is 9.25. The number of hydrogen-bond acceptors (Lipinski definition) is 5. The molecule has 0 radical (unpaired) electrons. The van der Waals surface area contributed by atoms with Crippen molar-refractivity contribution in [1.82, 2.24) is 9.21 Å². The summed E-state index contributed by atoms with van der Waals surface area (Å²) in [6.45, 7) is 5.36. The van der Waals surface area contributed by atoms with Gasteiger partial charge in [-0.25, -0.2) is 13.2 Å². The number of sulfonamides is 1. The third kappa shape index (κ3) is 4.25. The second-order valence-corrected chi connectivity index (χ2v) is 8.58. The molecule has 1 aromatic rings. The van der Waals surface area contributed by atoms with E-state index in [1.165, 1.54) is 21.3 Å². The van der Waals surface area contributed by atoms with Gasteiger partial charge in [-0.3, -0.25) is 0 Å². The molecule has 1 atom stereocenters. The predicted octanol–water partition coefficient (Wildman–Crippen LogP) is 1.29. The Labute approximate surface area is 142 Å². The number of benzene rings is 1.